The summed E-state index contributed by atoms with van der Waals surface area (Å²) < 4.78 is 25.8. The summed E-state index contributed by atoms with van der Waals surface area (Å²) in [5, 5.41) is 12.9. The fourth-order valence-corrected chi connectivity index (χ4v) is 2.34. The summed E-state index contributed by atoms with van der Waals surface area (Å²) in [5.41, 5.74) is 0.694. The van der Waals surface area contributed by atoms with Crippen molar-refractivity contribution >= 4 is 11.3 Å². The van der Waals surface area contributed by atoms with Gasteiger partial charge in [-0.25, -0.2) is 8.78 Å². The van der Waals surface area contributed by atoms with E-state index in [-0.39, 0.29) is 0 Å². The molecule has 0 aliphatic rings. The van der Waals surface area contributed by atoms with Crippen LogP contribution < -0.4 is 5.32 Å². The van der Waals surface area contributed by atoms with Gasteiger partial charge >= 0.3 is 0 Å². The van der Waals surface area contributed by atoms with E-state index in [1.54, 1.807) is 6.07 Å². The van der Waals surface area contributed by atoms with Gasteiger partial charge in [-0.3, -0.25) is 0 Å². The molecule has 0 fully saturated rings. The van der Waals surface area contributed by atoms with Crippen LogP contribution in [0.1, 0.15) is 22.5 Å². The summed E-state index contributed by atoms with van der Waals surface area (Å²) in [6.45, 7) is 3.58. The van der Waals surface area contributed by atoms with Crippen LogP contribution in [0.25, 0.3) is 0 Å². The molecular formula is C12H13F2N3S. The normalized spacial score (nSPS) is 10.8. The number of aromatic nitrogens is 2. The number of nitrogens with one attached hydrogen (secondary N) is 1. The van der Waals surface area contributed by atoms with Crippen LogP contribution in [0.4, 0.5) is 8.78 Å². The van der Waals surface area contributed by atoms with Gasteiger partial charge in [-0.05, 0) is 24.2 Å². The first-order valence-corrected chi connectivity index (χ1v) is 6.46. The monoisotopic (exact) mass is 269 g/mol. The van der Waals surface area contributed by atoms with Crippen LogP contribution >= 0.6 is 11.3 Å². The van der Waals surface area contributed by atoms with Gasteiger partial charge in [0.15, 0.2) is 11.6 Å². The van der Waals surface area contributed by atoms with Gasteiger partial charge in [0, 0.05) is 13.0 Å². The molecule has 0 radical (unpaired) electrons. The zero-order valence-corrected chi connectivity index (χ0v) is 10.7. The zero-order valence-electron chi connectivity index (χ0n) is 9.91. The van der Waals surface area contributed by atoms with Crippen molar-refractivity contribution in [3.05, 3.63) is 45.4 Å². The average Bonchev–Trinajstić information content (AvgIpc) is 2.79. The highest BCUT2D eigenvalue weighted by Crippen LogP contribution is 2.16. The molecule has 96 valence electrons. The molecule has 6 heteroatoms. The maximum absolute atomic E-state index is 13.0. The van der Waals surface area contributed by atoms with Crippen LogP contribution in [-0.4, -0.2) is 16.7 Å². The van der Waals surface area contributed by atoms with E-state index in [0.717, 1.165) is 22.6 Å². The standard InChI is InChI=1S/C12H13F2N3S/c1-2-15-7-12-17-16-11(18-12)6-8-3-4-9(13)10(14)5-8/h3-5,15H,2,6-7H2,1H3. The fourth-order valence-electron chi connectivity index (χ4n) is 1.49. The van der Waals surface area contributed by atoms with E-state index in [1.807, 2.05) is 6.92 Å². The molecule has 1 aromatic carbocycles. The third-order valence-electron chi connectivity index (χ3n) is 2.37. The molecule has 1 heterocycles. The third-order valence-corrected chi connectivity index (χ3v) is 3.30. The van der Waals surface area contributed by atoms with Crippen molar-refractivity contribution in [3.63, 3.8) is 0 Å². The highest BCUT2D eigenvalue weighted by molar-refractivity contribution is 7.11. The molecule has 0 unspecified atom stereocenters. The Morgan fingerprint density at radius 3 is 2.67 bits per heavy atom. The summed E-state index contributed by atoms with van der Waals surface area (Å²) in [7, 11) is 0. The number of hydrogen-bond acceptors (Lipinski definition) is 4. The van der Waals surface area contributed by atoms with Gasteiger partial charge in [0.05, 0.1) is 0 Å². The Kier molecular flexibility index (Phi) is 4.33. The topological polar surface area (TPSA) is 37.8 Å². The first-order chi connectivity index (χ1) is 8.69. The van der Waals surface area contributed by atoms with Crippen molar-refractivity contribution in [1.29, 1.82) is 0 Å². The average molecular weight is 269 g/mol. The van der Waals surface area contributed by atoms with E-state index in [0.29, 0.717) is 18.5 Å². The molecule has 1 N–H and O–H groups in total. The van der Waals surface area contributed by atoms with Crippen molar-refractivity contribution in [3.8, 4) is 0 Å². The van der Waals surface area contributed by atoms with Crippen LogP contribution in [0.3, 0.4) is 0 Å². The van der Waals surface area contributed by atoms with E-state index in [2.05, 4.69) is 15.5 Å². The third kappa shape index (κ3) is 3.30. The van der Waals surface area contributed by atoms with Gasteiger partial charge in [0.1, 0.15) is 10.0 Å². The van der Waals surface area contributed by atoms with Crippen molar-refractivity contribution in [2.24, 2.45) is 0 Å². The Hall–Kier alpha value is -1.40. The molecule has 0 saturated heterocycles. The zero-order chi connectivity index (χ0) is 13.0. The Bertz CT molecular complexity index is 528. The van der Waals surface area contributed by atoms with Crippen molar-refractivity contribution < 1.29 is 8.78 Å². The van der Waals surface area contributed by atoms with Gasteiger partial charge in [-0.15, -0.1) is 10.2 Å². The Labute approximate surface area is 108 Å². The predicted octanol–water partition coefficient (Wildman–Crippen LogP) is 2.52. The second-order valence-electron chi connectivity index (χ2n) is 3.80. The lowest BCUT2D eigenvalue weighted by molar-refractivity contribution is 0.507. The Morgan fingerprint density at radius 1 is 1.17 bits per heavy atom. The second-order valence-corrected chi connectivity index (χ2v) is 4.94. The first-order valence-electron chi connectivity index (χ1n) is 5.65. The minimum Gasteiger partial charge on any atom is -0.311 e. The van der Waals surface area contributed by atoms with Crippen LogP contribution in [0.5, 0.6) is 0 Å². The molecule has 2 aromatic rings. The van der Waals surface area contributed by atoms with E-state index >= 15 is 0 Å². The Morgan fingerprint density at radius 2 is 1.94 bits per heavy atom. The molecule has 0 aliphatic heterocycles. The van der Waals surface area contributed by atoms with Gasteiger partial charge in [0.2, 0.25) is 0 Å². The fraction of sp³-hybridized carbons (Fsp3) is 0.333. The van der Waals surface area contributed by atoms with Crippen LogP contribution in [0, 0.1) is 11.6 Å². The van der Waals surface area contributed by atoms with Gasteiger partial charge in [-0.2, -0.15) is 0 Å². The van der Waals surface area contributed by atoms with Crippen molar-refractivity contribution in [1.82, 2.24) is 15.5 Å². The van der Waals surface area contributed by atoms with Crippen LogP contribution in [0.2, 0.25) is 0 Å². The molecule has 0 spiro atoms. The summed E-state index contributed by atoms with van der Waals surface area (Å²) in [6, 6.07) is 3.88. The molecule has 0 atom stereocenters. The highest BCUT2D eigenvalue weighted by Gasteiger charge is 2.07. The maximum atomic E-state index is 13.0. The molecule has 0 bridgehead atoms. The van der Waals surface area contributed by atoms with Crippen molar-refractivity contribution in [2.75, 3.05) is 6.54 Å². The molecule has 18 heavy (non-hydrogen) atoms. The lowest BCUT2D eigenvalue weighted by atomic mass is 10.1. The number of rotatable bonds is 5. The summed E-state index contributed by atoms with van der Waals surface area (Å²) in [4.78, 5) is 0. The van der Waals surface area contributed by atoms with Gasteiger partial charge < -0.3 is 5.32 Å². The van der Waals surface area contributed by atoms with E-state index < -0.39 is 11.6 Å². The second kappa shape index (κ2) is 5.97. The molecular weight excluding hydrogens is 256 g/mol. The summed E-state index contributed by atoms with van der Waals surface area (Å²) in [5.74, 6) is -1.66. The minimum absolute atomic E-state index is 0.473. The summed E-state index contributed by atoms with van der Waals surface area (Å²) >= 11 is 1.48. The molecule has 0 aliphatic carbocycles. The minimum atomic E-state index is -0.830. The van der Waals surface area contributed by atoms with Gasteiger partial charge in [0.25, 0.3) is 0 Å². The number of benzene rings is 1. The van der Waals surface area contributed by atoms with Crippen LogP contribution in [0.15, 0.2) is 18.2 Å². The lowest BCUT2D eigenvalue weighted by Crippen LogP contribution is -2.11. The number of hydrogen-bond donors (Lipinski definition) is 1. The van der Waals surface area contributed by atoms with E-state index in [4.69, 9.17) is 0 Å². The largest absolute Gasteiger partial charge is 0.311 e. The van der Waals surface area contributed by atoms with E-state index in [9.17, 15) is 8.78 Å². The molecule has 2 rings (SSSR count). The highest BCUT2D eigenvalue weighted by atomic mass is 32.1. The number of nitrogens with zero attached hydrogens (tertiary/aromatic N) is 2. The predicted molar refractivity (Wildman–Crippen MR) is 66.5 cm³/mol. The lowest BCUT2D eigenvalue weighted by Gasteiger charge is -1.98. The summed E-state index contributed by atoms with van der Waals surface area (Å²) in [6.07, 6.45) is 0.473. The van der Waals surface area contributed by atoms with Crippen LogP contribution in [-0.2, 0) is 13.0 Å². The first kappa shape index (κ1) is 13.0. The maximum Gasteiger partial charge on any atom is 0.159 e. The van der Waals surface area contributed by atoms with Gasteiger partial charge in [-0.1, -0.05) is 24.3 Å². The molecule has 1 aromatic heterocycles. The molecule has 0 saturated carbocycles. The Balaban J connectivity index is 2.04. The smallest absolute Gasteiger partial charge is 0.159 e. The number of halogens is 2. The van der Waals surface area contributed by atoms with E-state index in [1.165, 1.54) is 17.4 Å². The van der Waals surface area contributed by atoms with Crippen molar-refractivity contribution in [2.45, 2.75) is 19.9 Å². The molecule has 3 nitrogen and oxygen atoms in total. The molecule has 0 amide bonds. The SMILES string of the molecule is CCNCc1nnc(Cc2ccc(F)c(F)c2)s1. The quantitative estimate of drug-likeness (QED) is 0.906.